The van der Waals surface area contributed by atoms with Crippen LogP contribution < -0.4 is 20.0 Å². The summed E-state index contributed by atoms with van der Waals surface area (Å²) in [4.78, 5) is 15.2. The van der Waals surface area contributed by atoms with E-state index in [1.807, 2.05) is 0 Å². The zero-order chi connectivity index (χ0) is 28.3. The number of likely N-dealkylation sites (tertiary alicyclic amines) is 1. The smallest absolute Gasteiger partial charge is 0.244 e. The molecule has 1 saturated heterocycles. The number of carbonyl (C=O) groups is 1. The van der Waals surface area contributed by atoms with E-state index in [1.54, 1.807) is 12.1 Å². The van der Waals surface area contributed by atoms with Crippen molar-refractivity contribution in [1.29, 1.82) is 0 Å². The summed E-state index contributed by atoms with van der Waals surface area (Å²) < 4.78 is 29.6. The van der Waals surface area contributed by atoms with Crippen LogP contribution in [0, 0.1) is 17.7 Å². The average molecular weight is 567 g/mol. The van der Waals surface area contributed by atoms with E-state index in [2.05, 4.69) is 15.4 Å². The molecule has 0 bridgehead atoms. The third kappa shape index (κ3) is 6.17. The zero-order valence-electron chi connectivity index (χ0n) is 22.8. The fourth-order valence-corrected chi connectivity index (χ4v) is 6.45. The highest BCUT2D eigenvalue weighted by molar-refractivity contribution is 5.93. The molecule has 6 rings (SSSR count). The number of benzene rings is 2. The van der Waals surface area contributed by atoms with Gasteiger partial charge < -0.3 is 24.2 Å². The summed E-state index contributed by atoms with van der Waals surface area (Å²) >= 11 is 0. The minimum Gasteiger partial charge on any atom is -0.454 e. The number of ether oxygens (including phenoxy) is 2. The highest BCUT2D eigenvalue weighted by Gasteiger charge is 2.30. The van der Waals surface area contributed by atoms with E-state index in [-0.39, 0.29) is 29.4 Å². The van der Waals surface area contributed by atoms with Gasteiger partial charge in [-0.1, -0.05) is 18.0 Å². The molecule has 0 unspecified atom stereocenters. The molecule has 1 aromatic heterocycles. The lowest BCUT2D eigenvalue weighted by atomic mass is 9.78. The van der Waals surface area contributed by atoms with Crippen molar-refractivity contribution in [3.05, 3.63) is 53.5 Å². The molecule has 218 valence electrons. The van der Waals surface area contributed by atoms with Crippen LogP contribution >= 0.6 is 0 Å². The number of rotatable bonds is 8. The first-order valence-electron chi connectivity index (χ1n) is 14.3. The van der Waals surface area contributed by atoms with Gasteiger partial charge in [0.2, 0.25) is 12.7 Å². The van der Waals surface area contributed by atoms with Crippen LogP contribution in [0.15, 0.2) is 40.9 Å². The fourth-order valence-electron chi connectivity index (χ4n) is 6.45. The normalized spacial score (nSPS) is 21.5. The van der Waals surface area contributed by atoms with Crippen molar-refractivity contribution >= 4 is 28.6 Å². The summed E-state index contributed by atoms with van der Waals surface area (Å²) in [5, 5.41) is 27.4. The molecule has 0 radical (unpaired) electrons. The predicted octanol–water partition coefficient (Wildman–Crippen LogP) is 5.10. The Labute approximate surface area is 237 Å². The Balaban J connectivity index is 1.01. The SMILES string of the molecule is O=C(C=Cc1cc2c(cc1N(O)O)OCO2)NC[C@@H]1CCCC[C@H]1CN1CCC(c2noc3cc(F)ccc23)CC1. The Kier molecular flexibility index (Phi) is 8.09. The van der Waals surface area contributed by atoms with E-state index < -0.39 is 0 Å². The van der Waals surface area contributed by atoms with Gasteiger partial charge in [0.1, 0.15) is 11.5 Å². The molecule has 2 fully saturated rings. The monoisotopic (exact) mass is 566 g/mol. The number of hydrogen-bond acceptors (Lipinski definition) is 9. The Bertz CT molecular complexity index is 1420. The van der Waals surface area contributed by atoms with Gasteiger partial charge in [-0.05, 0) is 74.9 Å². The van der Waals surface area contributed by atoms with Crippen LogP contribution in [0.2, 0.25) is 0 Å². The zero-order valence-corrected chi connectivity index (χ0v) is 22.8. The molecule has 0 spiro atoms. The Morgan fingerprint density at radius 3 is 2.61 bits per heavy atom. The number of hydrogen-bond donors (Lipinski definition) is 3. The van der Waals surface area contributed by atoms with Gasteiger partial charge in [-0.25, -0.2) is 4.39 Å². The van der Waals surface area contributed by atoms with Gasteiger partial charge >= 0.3 is 0 Å². The molecule has 2 aliphatic heterocycles. The summed E-state index contributed by atoms with van der Waals surface area (Å²) in [5.74, 6) is 1.56. The quantitative estimate of drug-likeness (QED) is 0.253. The Morgan fingerprint density at radius 2 is 1.83 bits per heavy atom. The average Bonchev–Trinajstić information content (AvgIpc) is 3.61. The van der Waals surface area contributed by atoms with Crippen molar-refractivity contribution < 1.29 is 33.6 Å². The van der Waals surface area contributed by atoms with Crippen molar-refractivity contribution in [2.45, 2.75) is 44.4 Å². The summed E-state index contributed by atoms with van der Waals surface area (Å²) in [5.41, 5.74) is 1.94. The molecular formula is C30H35FN4O6. The molecule has 2 atom stereocenters. The van der Waals surface area contributed by atoms with Crippen LogP contribution in [0.1, 0.15) is 55.7 Å². The minimum atomic E-state index is -0.317. The van der Waals surface area contributed by atoms with Crippen LogP contribution in [0.25, 0.3) is 17.0 Å². The van der Waals surface area contributed by atoms with Crippen molar-refractivity contribution in [3.63, 3.8) is 0 Å². The van der Waals surface area contributed by atoms with Gasteiger partial charge in [-0.3, -0.25) is 15.2 Å². The number of fused-ring (bicyclic) bond motifs is 2. The van der Waals surface area contributed by atoms with Gasteiger partial charge in [0, 0.05) is 48.2 Å². The number of amides is 1. The van der Waals surface area contributed by atoms with Crippen molar-refractivity contribution in [2.75, 3.05) is 38.2 Å². The summed E-state index contributed by atoms with van der Waals surface area (Å²) in [7, 11) is 0. The number of nitrogens with one attached hydrogen (secondary N) is 1. The third-order valence-electron chi connectivity index (χ3n) is 8.69. The standard InChI is InChI=1S/C30H35FN4O6/c31-23-6-7-24-26(14-23)41-33-30(24)19-9-11-34(12-10-19)17-22-4-2-1-3-21(22)16-32-29(36)8-5-20-13-27-28(40-18-39-27)15-25(20)35(37)38/h5-8,13-15,19,21-22,37-38H,1-4,9-12,16-18H2,(H,32,36)/t21-,22-/m0/s1. The molecule has 41 heavy (non-hydrogen) atoms. The molecule has 11 heteroatoms. The number of aromatic nitrogens is 1. The first-order chi connectivity index (χ1) is 19.9. The van der Waals surface area contributed by atoms with Crippen molar-refractivity contribution in [2.24, 2.45) is 11.8 Å². The van der Waals surface area contributed by atoms with Crippen LogP contribution in [0.4, 0.5) is 10.1 Å². The van der Waals surface area contributed by atoms with Crippen LogP contribution in [-0.4, -0.2) is 59.4 Å². The van der Waals surface area contributed by atoms with E-state index in [4.69, 9.17) is 14.0 Å². The van der Waals surface area contributed by atoms with Gasteiger partial charge in [0.25, 0.3) is 0 Å². The molecule has 10 nitrogen and oxygen atoms in total. The largest absolute Gasteiger partial charge is 0.454 e. The van der Waals surface area contributed by atoms with Gasteiger partial charge in [0.15, 0.2) is 17.1 Å². The summed E-state index contributed by atoms with van der Waals surface area (Å²) in [6, 6.07) is 7.67. The van der Waals surface area contributed by atoms with E-state index in [9.17, 15) is 19.6 Å². The van der Waals surface area contributed by atoms with Crippen molar-refractivity contribution in [3.8, 4) is 11.5 Å². The molecular weight excluding hydrogens is 531 g/mol. The van der Waals surface area contributed by atoms with Gasteiger partial charge in [-0.15, -0.1) is 5.23 Å². The van der Waals surface area contributed by atoms with E-state index in [1.165, 1.54) is 36.8 Å². The van der Waals surface area contributed by atoms with Crippen molar-refractivity contribution in [1.82, 2.24) is 15.4 Å². The lowest BCUT2D eigenvalue weighted by Gasteiger charge is -2.38. The summed E-state index contributed by atoms with van der Waals surface area (Å²) in [6.45, 7) is 3.62. The highest BCUT2D eigenvalue weighted by Crippen LogP contribution is 2.39. The second-order valence-corrected chi connectivity index (χ2v) is 11.2. The maximum Gasteiger partial charge on any atom is 0.244 e. The molecule has 3 heterocycles. The lowest BCUT2D eigenvalue weighted by molar-refractivity contribution is -0.116. The van der Waals surface area contributed by atoms with E-state index >= 15 is 0 Å². The molecule has 3 aliphatic rings. The van der Waals surface area contributed by atoms with Crippen LogP contribution in [-0.2, 0) is 4.79 Å². The maximum absolute atomic E-state index is 13.5. The molecule has 1 amide bonds. The molecule has 1 saturated carbocycles. The number of nitrogens with zero attached hydrogens (tertiary/aromatic N) is 3. The second kappa shape index (κ2) is 12.1. The van der Waals surface area contributed by atoms with Crippen LogP contribution in [0.3, 0.4) is 0 Å². The number of halogens is 1. The Morgan fingerprint density at radius 1 is 1.07 bits per heavy atom. The first-order valence-corrected chi connectivity index (χ1v) is 14.3. The summed E-state index contributed by atoms with van der Waals surface area (Å²) in [6.07, 6.45) is 9.51. The van der Waals surface area contributed by atoms with E-state index in [0.717, 1.165) is 62.8 Å². The second-order valence-electron chi connectivity index (χ2n) is 11.2. The Hall–Kier alpha value is -3.67. The minimum absolute atomic E-state index is 0.00396. The predicted molar refractivity (Wildman–Crippen MR) is 148 cm³/mol. The molecule has 3 aromatic rings. The number of anilines is 1. The number of carbonyl (C=O) groups excluding carboxylic acids is 1. The van der Waals surface area contributed by atoms with Gasteiger partial charge in [0.05, 0.1) is 5.69 Å². The highest BCUT2D eigenvalue weighted by atomic mass is 19.1. The molecule has 1 aliphatic carbocycles. The third-order valence-corrected chi connectivity index (χ3v) is 8.69. The maximum atomic E-state index is 13.5. The molecule has 2 aromatic carbocycles. The lowest BCUT2D eigenvalue weighted by Crippen LogP contribution is -2.42. The topological polar surface area (TPSA) is 121 Å². The first kappa shape index (κ1) is 27.5. The van der Waals surface area contributed by atoms with Gasteiger partial charge in [-0.2, -0.15) is 0 Å². The fraction of sp³-hybridized carbons (Fsp3) is 0.467. The molecule has 3 N–H and O–H groups in total. The van der Waals surface area contributed by atoms with E-state index in [0.29, 0.717) is 46.9 Å². The number of piperidine rings is 1. The van der Waals surface area contributed by atoms with Crippen LogP contribution in [0.5, 0.6) is 11.5 Å².